The van der Waals surface area contributed by atoms with Gasteiger partial charge in [0.15, 0.2) is 0 Å². The third-order valence-electron chi connectivity index (χ3n) is 3.78. The van der Waals surface area contributed by atoms with Crippen molar-refractivity contribution in [3.63, 3.8) is 0 Å². The molecule has 1 saturated carbocycles. The predicted octanol–water partition coefficient (Wildman–Crippen LogP) is 1.22. The van der Waals surface area contributed by atoms with Crippen LogP contribution in [0.25, 0.3) is 0 Å². The Labute approximate surface area is 103 Å². The molecule has 1 amide bonds. The summed E-state index contributed by atoms with van der Waals surface area (Å²) in [5.41, 5.74) is 0. The van der Waals surface area contributed by atoms with Crippen LogP contribution in [0.5, 0.6) is 0 Å². The lowest BCUT2D eigenvalue weighted by molar-refractivity contribution is -0.123. The fraction of sp³-hybridized carbons (Fsp3) is 0.923. The molecule has 2 N–H and O–H groups in total. The summed E-state index contributed by atoms with van der Waals surface area (Å²) in [6.45, 7) is 1.51. The third-order valence-corrected chi connectivity index (χ3v) is 3.78. The van der Waals surface area contributed by atoms with Crippen LogP contribution in [0.1, 0.15) is 44.9 Å². The lowest BCUT2D eigenvalue weighted by Crippen LogP contribution is -2.34. The number of rotatable bonds is 4. The third kappa shape index (κ3) is 4.28. The zero-order valence-electron chi connectivity index (χ0n) is 10.4. The SMILES string of the molecule is O=C(CC1CCCO1)NCC1CCCC(O)C1. The number of ether oxygens (including phenoxy) is 1. The first kappa shape index (κ1) is 12.8. The Morgan fingerprint density at radius 2 is 2.18 bits per heavy atom. The van der Waals surface area contributed by atoms with Crippen molar-refractivity contribution >= 4 is 5.91 Å². The van der Waals surface area contributed by atoms with Gasteiger partial charge in [0.1, 0.15) is 0 Å². The summed E-state index contributed by atoms with van der Waals surface area (Å²) in [7, 11) is 0. The van der Waals surface area contributed by atoms with Crippen LogP contribution in [0.15, 0.2) is 0 Å². The van der Waals surface area contributed by atoms with E-state index in [1.165, 1.54) is 0 Å². The van der Waals surface area contributed by atoms with Crippen molar-refractivity contribution in [2.45, 2.75) is 57.2 Å². The zero-order valence-corrected chi connectivity index (χ0v) is 10.4. The summed E-state index contributed by atoms with van der Waals surface area (Å²) in [4.78, 5) is 11.7. The molecule has 2 aliphatic rings. The summed E-state index contributed by atoms with van der Waals surface area (Å²) in [5.74, 6) is 0.546. The van der Waals surface area contributed by atoms with Gasteiger partial charge in [-0.05, 0) is 38.0 Å². The number of amides is 1. The van der Waals surface area contributed by atoms with Crippen LogP contribution in [-0.4, -0.2) is 36.4 Å². The minimum Gasteiger partial charge on any atom is -0.393 e. The molecule has 4 nitrogen and oxygen atoms in total. The van der Waals surface area contributed by atoms with E-state index in [0.717, 1.165) is 45.1 Å². The molecular formula is C13H23NO3. The lowest BCUT2D eigenvalue weighted by atomic mass is 9.87. The predicted molar refractivity (Wildman–Crippen MR) is 64.6 cm³/mol. The first-order valence-corrected chi connectivity index (χ1v) is 6.80. The number of carbonyl (C=O) groups excluding carboxylic acids is 1. The van der Waals surface area contributed by atoms with E-state index < -0.39 is 0 Å². The van der Waals surface area contributed by atoms with Crippen molar-refractivity contribution in [2.24, 2.45) is 5.92 Å². The lowest BCUT2D eigenvalue weighted by Gasteiger charge is -2.26. The Morgan fingerprint density at radius 1 is 1.29 bits per heavy atom. The normalized spacial score (nSPS) is 33.6. The summed E-state index contributed by atoms with van der Waals surface area (Å²) in [5, 5.41) is 12.5. The second-order valence-corrected chi connectivity index (χ2v) is 5.33. The van der Waals surface area contributed by atoms with Gasteiger partial charge in [0.2, 0.25) is 5.91 Å². The zero-order chi connectivity index (χ0) is 12.1. The molecule has 3 atom stereocenters. The number of carbonyl (C=O) groups is 1. The molecule has 98 valence electrons. The highest BCUT2D eigenvalue weighted by Crippen LogP contribution is 2.23. The van der Waals surface area contributed by atoms with Gasteiger partial charge in [-0.15, -0.1) is 0 Å². The molecule has 2 rings (SSSR count). The number of hydrogen-bond donors (Lipinski definition) is 2. The molecule has 1 heterocycles. The van der Waals surface area contributed by atoms with Crippen molar-refractivity contribution in [1.82, 2.24) is 5.32 Å². The minimum atomic E-state index is -0.163. The van der Waals surface area contributed by atoms with Gasteiger partial charge >= 0.3 is 0 Å². The molecular weight excluding hydrogens is 218 g/mol. The molecule has 2 fully saturated rings. The number of nitrogens with one attached hydrogen (secondary N) is 1. The van der Waals surface area contributed by atoms with E-state index in [4.69, 9.17) is 4.74 Å². The first-order chi connectivity index (χ1) is 8.24. The van der Waals surface area contributed by atoms with Crippen LogP contribution in [0.3, 0.4) is 0 Å². The fourth-order valence-electron chi connectivity index (χ4n) is 2.79. The van der Waals surface area contributed by atoms with Gasteiger partial charge in [0.25, 0.3) is 0 Å². The van der Waals surface area contributed by atoms with Crippen molar-refractivity contribution in [1.29, 1.82) is 0 Å². The Hall–Kier alpha value is -0.610. The molecule has 17 heavy (non-hydrogen) atoms. The van der Waals surface area contributed by atoms with Gasteiger partial charge in [0.05, 0.1) is 18.6 Å². The topological polar surface area (TPSA) is 58.6 Å². The highest BCUT2D eigenvalue weighted by Gasteiger charge is 2.22. The number of aliphatic hydroxyl groups is 1. The molecule has 4 heteroatoms. The maximum absolute atomic E-state index is 11.7. The van der Waals surface area contributed by atoms with E-state index >= 15 is 0 Å². The van der Waals surface area contributed by atoms with E-state index in [0.29, 0.717) is 18.9 Å². The summed E-state index contributed by atoms with van der Waals surface area (Å²) >= 11 is 0. The van der Waals surface area contributed by atoms with Crippen molar-refractivity contribution < 1.29 is 14.6 Å². The maximum Gasteiger partial charge on any atom is 0.222 e. The summed E-state index contributed by atoms with van der Waals surface area (Å²) in [6.07, 6.45) is 6.50. The second-order valence-electron chi connectivity index (χ2n) is 5.33. The van der Waals surface area contributed by atoms with Crippen LogP contribution in [0.4, 0.5) is 0 Å². The molecule has 0 aromatic carbocycles. The Bertz CT molecular complexity index is 251. The van der Waals surface area contributed by atoms with Gasteiger partial charge < -0.3 is 15.2 Å². The molecule has 0 aromatic heterocycles. The Kier molecular flexibility index (Phi) is 4.80. The average molecular weight is 241 g/mol. The van der Waals surface area contributed by atoms with E-state index in [1.807, 2.05) is 0 Å². The molecule has 0 spiro atoms. The van der Waals surface area contributed by atoms with Crippen LogP contribution < -0.4 is 5.32 Å². The largest absolute Gasteiger partial charge is 0.393 e. The van der Waals surface area contributed by atoms with E-state index in [2.05, 4.69) is 5.32 Å². The van der Waals surface area contributed by atoms with Gasteiger partial charge in [-0.2, -0.15) is 0 Å². The summed E-state index contributed by atoms with van der Waals surface area (Å²) in [6, 6.07) is 0. The van der Waals surface area contributed by atoms with Gasteiger partial charge in [-0.25, -0.2) is 0 Å². The Balaban J connectivity index is 1.61. The van der Waals surface area contributed by atoms with E-state index in [-0.39, 0.29) is 18.1 Å². The maximum atomic E-state index is 11.7. The van der Waals surface area contributed by atoms with Crippen LogP contribution >= 0.6 is 0 Å². The average Bonchev–Trinajstić information content (AvgIpc) is 2.79. The van der Waals surface area contributed by atoms with Crippen LogP contribution in [0.2, 0.25) is 0 Å². The van der Waals surface area contributed by atoms with Crippen molar-refractivity contribution in [3.05, 3.63) is 0 Å². The standard InChI is InChI=1S/C13H23NO3/c15-11-4-1-3-10(7-11)9-14-13(16)8-12-5-2-6-17-12/h10-12,15H,1-9H2,(H,14,16). The van der Waals surface area contributed by atoms with Gasteiger partial charge in [-0.3, -0.25) is 4.79 Å². The van der Waals surface area contributed by atoms with Crippen molar-refractivity contribution in [3.8, 4) is 0 Å². The van der Waals surface area contributed by atoms with E-state index in [1.54, 1.807) is 0 Å². The monoisotopic (exact) mass is 241 g/mol. The number of hydrogen-bond acceptors (Lipinski definition) is 3. The molecule has 1 saturated heterocycles. The molecule has 0 radical (unpaired) electrons. The second kappa shape index (κ2) is 6.36. The fourth-order valence-corrected chi connectivity index (χ4v) is 2.79. The quantitative estimate of drug-likeness (QED) is 0.778. The molecule has 3 unspecified atom stereocenters. The smallest absolute Gasteiger partial charge is 0.222 e. The molecule has 0 aromatic rings. The molecule has 0 bridgehead atoms. The van der Waals surface area contributed by atoms with Crippen molar-refractivity contribution in [2.75, 3.05) is 13.2 Å². The van der Waals surface area contributed by atoms with E-state index in [9.17, 15) is 9.90 Å². The van der Waals surface area contributed by atoms with Gasteiger partial charge in [-0.1, -0.05) is 6.42 Å². The summed E-state index contributed by atoms with van der Waals surface area (Å²) < 4.78 is 5.43. The van der Waals surface area contributed by atoms with Crippen LogP contribution in [0, 0.1) is 5.92 Å². The highest BCUT2D eigenvalue weighted by molar-refractivity contribution is 5.76. The number of aliphatic hydroxyl groups excluding tert-OH is 1. The molecule has 1 aliphatic heterocycles. The Morgan fingerprint density at radius 3 is 2.88 bits per heavy atom. The molecule has 1 aliphatic carbocycles. The van der Waals surface area contributed by atoms with Crippen LogP contribution in [-0.2, 0) is 9.53 Å². The first-order valence-electron chi connectivity index (χ1n) is 6.80. The minimum absolute atomic E-state index is 0.0944. The highest BCUT2D eigenvalue weighted by atomic mass is 16.5. The van der Waals surface area contributed by atoms with Gasteiger partial charge in [0, 0.05) is 13.2 Å².